The third-order valence-corrected chi connectivity index (χ3v) is 4.40. The Bertz CT molecular complexity index is 683. The molecule has 0 fully saturated rings. The molecule has 2 aromatic rings. The Hall–Kier alpha value is -1.56. The lowest BCUT2D eigenvalue weighted by Crippen LogP contribution is -2.16. The normalized spacial score (nSPS) is 10.9. The van der Waals surface area contributed by atoms with E-state index in [2.05, 4.69) is 10.5 Å². The van der Waals surface area contributed by atoms with Gasteiger partial charge in [-0.25, -0.2) is 5.43 Å². The molecular formula is C13H10Cl2N2O2S. The van der Waals surface area contributed by atoms with Gasteiger partial charge in [-0.2, -0.15) is 5.10 Å². The fourth-order valence-electron chi connectivity index (χ4n) is 1.42. The van der Waals surface area contributed by atoms with Crippen LogP contribution in [0.2, 0.25) is 10.0 Å². The van der Waals surface area contributed by atoms with Gasteiger partial charge in [-0.15, -0.1) is 11.3 Å². The second-order valence-electron chi connectivity index (χ2n) is 3.96. The lowest BCUT2D eigenvalue weighted by molar-refractivity contribution is 0.0959. The van der Waals surface area contributed by atoms with Crippen LogP contribution in [0.4, 0.5) is 0 Å². The van der Waals surface area contributed by atoms with Crippen LogP contribution in [0.3, 0.4) is 0 Å². The molecular weight excluding hydrogens is 319 g/mol. The maximum atomic E-state index is 11.8. The van der Waals surface area contributed by atoms with Gasteiger partial charge in [-0.3, -0.25) is 4.79 Å². The summed E-state index contributed by atoms with van der Waals surface area (Å²) in [5, 5.41) is 16.0. The molecule has 1 aromatic heterocycles. The molecule has 7 heteroatoms. The molecule has 1 heterocycles. The molecule has 0 unspecified atom stereocenters. The highest BCUT2D eigenvalue weighted by molar-refractivity contribution is 7.13. The predicted octanol–water partition coefficient (Wildman–Crippen LogP) is 3.83. The summed E-state index contributed by atoms with van der Waals surface area (Å²) in [7, 11) is 0. The Kier molecular flexibility index (Phi) is 4.65. The molecule has 0 saturated heterocycles. The van der Waals surface area contributed by atoms with Crippen molar-refractivity contribution in [3.8, 4) is 5.75 Å². The van der Waals surface area contributed by atoms with Crippen molar-refractivity contribution in [3.63, 3.8) is 0 Å². The van der Waals surface area contributed by atoms with Crippen molar-refractivity contribution in [1.82, 2.24) is 5.43 Å². The smallest absolute Gasteiger partial charge is 0.282 e. The Balaban J connectivity index is 2.08. The Morgan fingerprint density at radius 1 is 1.45 bits per heavy atom. The zero-order valence-electron chi connectivity index (χ0n) is 10.4. The number of hydrogen-bond acceptors (Lipinski definition) is 4. The van der Waals surface area contributed by atoms with Crippen molar-refractivity contribution in [3.05, 3.63) is 49.6 Å². The molecule has 20 heavy (non-hydrogen) atoms. The number of carbonyl (C=O) groups is 1. The second-order valence-corrected chi connectivity index (χ2v) is 5.66. The van der Waals surface area contributed by atoms with Crippen LogP contribution in [0.5, 0.6) is 5.75 Å². The summed E-state index contributed by atoms with van der Waals surface area (Å²) in [5.41, 5.74) is 3.60. The molecule has 0 aliphatic heterocycles. The number of carbonyl (C=O) groups excluding carboxylic acids is 1. The van der Waals surface area contributed by atoms with Crippen molar-refractivity contribution in [2.45, 2.75) is 6.92 Å². The summed E-state index contributed by atoms with van der Waals surface area (Å²) in [6, 6.07) is 4.54. The molecule has 4 nitrogen and oxygen atoms in total. The Morgan fingerprint density at radius 2 is 2.20 bits per heavy atom. The maximum Gasteiger partial charge on any atom is 0.282 e. The molecule has 1 amide bonds. The number of hydrogen-bond donors (Lipinski definition) is 2. The minimum absolute atomic E-state index is 0.0254. The van der Waals surface area contributed by atoms with Crippen LogP contribution < -0.4 is 5.43 Å². The average molecular weight is 329 g/mol. The van der Waals surface area contributed by atoms with Crippen LogP contribution in [0.25, 0.3) is 0 Å². The first-order valence-electron chi connectivity index (χ1n) is 5.54. The fraction of sp³-hybridized carbons (Fsp3) is 0.0769. The summed E-state index contributed by atoms with van der Waals surface area (Å²) in [6.45, 7) is 1.82. The van der Waals surface area contributed by atoms with E-state index < -0.39 is 5.91 Å². The summed E-state index contributed by atoms with van der Waals surface area (Å²) in [6.07, 6.45) is 1.31. The first kappa shape index (κ1) is 14.8. The van der Waals surface area contributed by atoms with E-state index in [4.69, 9.17) is 23.2 Å². The molecule has 0 aliphatic carbocycles. The largest absolute Gasteiger partial charge is 0.507 e. The monoisotopic (exact) mass is 328 g/mol. The van der Waals surface area contributed by atoms with Gasteiger partial charge in [0.05, 0.1) is 11.2 Å². The van der Waals surface area contributed by atoms with E-state index in [0.29, 0.717) is 20.5 Å². The summed E-state index contributed by atoms with van der Waals surface area (Å²) < 4.78 is 0. The van der Waals surface area contributed by atoms with Gasteiger partial charge in [0.15, 0.2) is 0 Å². The average Bonchev–Trinajstić information content (AvgIpc) is 2.74. The topological polar surface area (TPSA) is 61.7 Å². The van der Waals surface area contributed by atoms with E-state index in [1.54, 1.807) is 11.4 Å². The highest BCUT2D eigenvalue weighted by atomic mass is 35.5. The first-order chi connectivity index (χ1) is 9.49. The lowest BCUT2D eigenvalue weighted by Gasteiger charge is -2.00. The van der Waals surface area contributed by atoms with Gasteiger partial charge < -0.3 is 5.11 Å². The van der Waals surface area contributed by atoms with E-state index in [1.807, 2.05) is 6.92 Å². The first-order valence-corrected chi connectivity index (χ1v) is 7.18. The van der Waals surface area contributed by atoms with E-state index in [9.17, 15) is 9.90 Å². The number of rotatable bonds is 3. The van der Waals surface area contributed by atoms with Crippen molar-refractivity contribution >= 4 is 46.7 Å². The molecule has 1 aromatic carbocycles. The number of amides is 1. The van der Waals surface area contributed by atoms with Crippen LogP contribution in [0.15, 0.2) is 28.7 Å². The molecule has 2 rings (SSSR count). The summed E-state index contributed by atoms with van der Waals surface area (Å²) in [4.78, 5) is 12.2. The van der Waals surface area contributed by atoms with Crippen molar-refractivity contribution < 1.29 is 9.90 Å². The number of thiophene rings is 1. The van der Waals surface area contributed by atoms with Crippen LogP contribution in [-0.2, 0) is 0 Å². The zero-order valence-corrected chi connectivity index (χ0v) is 12.7. The van der Waals surface area contributed by atoms with Crippen molar-refractivity contribution in [2.24, 2.45) is 5.10 Å². The molecule has 0 saturated carbocycles. The number of halogens is 2. The van der Waals surface area contributed by atoms with E-state index in [-0.39, 0.29) is 5.75 Å². The van der Waals surface area contributed by atoms with Crippen LogP contribution in [-0.4, -0.2) is 17.2 Å². The quantitative estimate of drug-likeness (QED) is 0.664. The van der Waals surface area contributed by atoms with Gasteiger partial charge in [-0.05, 0) is 36.1 Å². The van der Waals surface area contributed by atoms with Gasteiger partial charge in [0.1, 0.15) is 10.6 Å². The lowest BCUT2D eigenvalue weighted by atomic mass is 10.2. The SMILES string of the molecule is Cc1csc(C(=O)N/N=C/c2cc(Cl)ccc2O)c1Cl. The van der Waals surface area contributed by atoms with Gasteiger partial charge in [0, 0.05) is 10.6 Å². The molecule has 0 radical (unpaired) electrons. The number of hydrazone groups is 1. The number of benzene rings is 1. The Morgan fingerprint density at radius 3 is 2.85 bits per heavy atom. The molecule has 0 spiro atoms. The number of phenols is 1. The van der Waals surface area contributed by atoms with E-state index >= 15 is 0 Å². The number of phenolic OH excluding ortho intramolecular Hbond substituents is 1. The van der Waals surface area contributed by atoms with Crippen LogP contribution in [0, 0.1) is 6.92 Å². The Labute approximate surface area is 129 Å². The minimum Gasteiger partial charge on any atom is -0.507 e. The minimum atomic E-state index is -0.397. The summed E-state index contributed by atoms with van der Waals surface area (Å²) in [5.74, 6) is -0.372. The standard InChI is InChI=1S/C13H10Cl2N2O2S/c1-7-6-20-12(11(7)15)13(19)17-16-5-8-4-9(14)2-3-10(8)18/h2-6,18H,1H3,(H,17,19)/b16-5+. The van der Waals surface area contributed by atoms with Gasteiger partial charge in [0.25, 0.3) is 5.91 Å². The van der Waals surface area contributed by atoms with Crippen molar-refractivity contribution in [2.75, 3.05) is 0 Å². The third kappa shape index (κ3) is 3.30. The number of aromatic hydroxyl groups is 1. The number of nitrogens with zero attached hydrogens (tertiary/aromatic N) is 1. The molecule has 0 aliphatic rings. The highest BCUT2D eigenvalue weighted by Gasteiger charge is 2.13. The predicted molar refractivity (Wildman–Crippen MR) is 82.2 cm³/mol. The fourth-order valence-corrected chi connectivity index (χ4v) is 2.77. The van der Waals surface area contributed by atoms with Gasteiger partial charge >= 0.3 is 0 Å². The molecule has 0 bridgehead atoms. The van der Waals surface area contributed by atoms with Crippen molar-refractivity contribution in [1.29, 1.82) is 0 Å². The molecule has 0 atom stereocenters. The summed E-state index contributed by atoms with van der Waals surface area (Å²) >= 11 is 13.0. The zero-order chi connectivity index (χ0) is 14.7. The van der Waals surface area contributed by atoms with Crippen LogP contribution in [0.1, 0.15) is 20.8 Å². The van der Waals surface area contributed by atoms with E-state index in [1.165, 1.54) is 29.7 Å². The second kappa shape index (κ2) is 6.26. The highest BCUT2D eigenvalue weighted by Crippen LogP contribution is 2.26. The third-order valence-electron chi connectivity index (χ3n) is 2.46. The number of aryl methyl sites for hydroxylation is 1. The van der Waals surface area contributed by atoms with E-state index in [0.717, 1.165) is 5.56 Å². The maximum absolute atomic E-state index is 11.8. The van der Waals surface area contributed by atoms with Gasteiger partial charge in [-0.1, -0.05) is 23.2 Å². The van der Waals surface area contributed by atoms with Crippen LogP contribution >= 0.6 is 34.5 Å². The van der Waals surface area contributed by atoms with Gasteiger partial charge in [0.2, 0.25) is 0 Å². The molecule has 104 valence electrons. The number of nitrogens with one attached hydrogen (secondary N) is 1. The molecule has 2 N–H and O–H groups in total.